The summed E-state index contributed by atoms with van der Waals surface area (Å²) in [5, 5.41) is 3.17. The third kappa shape index (κ3) is 5.68. The lowest BCUT2D eigenvalue weighted by molar-refractivity contribution is -0.125. The molecule has 0 aliphatic carbocycles. The Morgan fingerprint density at radius 2 is 1.64 bits per heavy atom. The highest BCUT2D eigenvalue weighted by molar-refractivity contribution is 5.85. The first-order valence-electron chi connectivity index (χ1n) is 9.15. The first-order valence-corrected chi connectivity index (χ1v) is 9.15. The van der Waals surface area contributed by atoms with Gasteiger partial charge < -0.3 is 20.5 Å². The molecule has 3 rings (SSSR count). The molecule has 1 atom stereocenters. The van der Waals surface area contributed by atoms with Crippen molar-refractivity contribution in [3.63, 3.8) is 0 Å². The highest BCUT2D eigenvalue weighted by Gasteiger charge is 2.40. The average Bonchev–Trinajstić information content (AvgIpc) is 3.16. The monoisotopic (exact) mass is 397 g/mol. The van der Waals surface area contributed by atoms with Crippen LogP contribution in [0.25, 0.3) is 0 Å². The van der Waals surface area contributed by atoms with Crippen LogP contribution < -0.4 is 11.1 Å². The van der Waals surface area contributed by atoms with Gasteiger partial charge in [-0.2, -0.15) is 0 Å². The van der Waals surface area contributed by atoms with E-state index in [0.717, 1.165) is 65.2 Å². The Labute approximate surface area is 163 Å². The highest BCUT2D eigenvalue weighted by Crippen LogP contribution is 2.31. The maximum atomic E-state index is 12.5. The Balaban J connectivity index is 0.00000156. The quantitative estimate of drug-likeness (QED) is 0.731. The summed E-state index contributed by atoms with van der Waals surface area (Å²) in [6, 6.07) is -0.408. The lowest BCUT2D eigenvalue weighted by Gasteiger charge is -2.45. The fraction of sp³-hybridized carbons (Fsp3) is 0.941. The Hall–Kier alpha value is -0.110. The van der Waals surface area contributed by atoms with E-state index in [0.29, 0.717) is 6.54 Å². The Kier molecular flexibility index (Phi) is 10.00. The van der Waals surface area contributed by atoms with Crippen LogP contribution in [-0.2, 0) is 14.3 Å². The molecule has 3 fully saturated rings. The minimum Gasteiger partial charge on any atom is -0.381 e. The number of hydrogen-bond acceptors (Lipinski definition) is 5. The van der Waals surface area contributed by atoms with Gasteiger partial charge >= 0.3 is 0 Å². The van der Waals surface area contributed by atoms with Crippen LogP contribution in [0.4, 0.5) is 0 Å². The van der Waals surface area contributed by atoms with Crippen LogP contribution in [0.3, 0.4) is 0 Å². The molecule has 0 saturated carbocycles. The van der Waals surface area contributed by atoms with Crippen LogP contribution in [0.2, 0.25) is 0 Å². The molecule has 1 amide bonds. The second kappa shape index (κ2) is 10.9. The molecule has 8 heteroatoms. The van der Waals surface area contributed by atoms with Crippen LogP contribution in [0.5, 0.6) is 0 Å². The average molecular weight is 398 g/mol. The van der Waals surface area contributed by atoms with E-state index in [4.69, 9.17) is 15.2 Å². The highest BCUT2D eigenvalue weighted by atomic mass is 35.5. The summed E-state index contributed by atoms with van der Waals surface area (Å²) in [5.41, 5.74) is 6.27. The van der Waals surface area contributed by atoms with Crippen molar-refractivity contribution in [3.8, 4) is 0 Å². The molecule has 0 aromatic rings. The number of nitrogens with two attached hydrogens (primary N) is 1. The zero-order chi connectivity index (χ0) is 16.1. The van der Waals surface area contributed by atoms with Gasteiger partial charge in [0.1, 0.15) is 0 Å². The van der Waals surface area contributed by atoms with Gasteiger partial charge in [-0.25, -0.2) is 0 Å². The van der Waals surface area contributed by atoms with Gasteiger partial charge in [-0.05, 0) is 57.5 Å². The SMILES string of the molecule is Cl.Cl.NC(C(=O)NCC1(N2CCCC2)CCOCC1)C1CCOCC1. The van der Waals surface area contributed by atoms with E-state index in [2.05, 4.69) is 10.2 Å². The molecule has 0 spiro atoms. The summed E-state index contributed by atoms with van der Waals surface area (Å²) < 4.78 is 10.9. The second-order valence-electron chi connectivity index (χ2n) is 7.22. The Bertz CT molecular complexity index is 397. The van der Waals surface area contributed by atoms with E-state index >= 15 is 0 Å². The Morgan fingerprint density at radius 3 is 2.24 bits per heavy atom. The molecule has 3 heterocycles. The van der Waals surface area contributed by atoms with Crippen molar-refractivity contribution < 1.29 is 14.3 Å². The topological polar surface area (TPSA) is 76.8 Å². The lowest BCUT2D eigenvalue weighted by Crippen LogP contribution is -2.59. The van der Waals surface area contributed by atoms with E-state index < -0.39 is 6.04 Å². The van der Waals surface area contributed by atoms with Gasteiger partial charge in [0.15, 0.2) is 0 Å². The number of halogens is 2. The smallest absolute Gasteiger partial charge is 0.237 e. The van der Waals surface area contributed by atoms with Gasteiger partial charge in [-0.15, -0.1) is 24.8 Å². The number of ether oxygens (including phenoxy) is 2. The van der Waals surface area contributed by atoms with E-state index in [9.17, 15) is 4.79 Å². The molecule has 3 saturated heterocycles. The number of nitrogens with zero attached hydrogens (tertiary/aromatic N) is 1. The number of carbonyl (C=O) groups excluding carboxylic acids is 1. The minimum absolute atomic E-state index is 0. The van der Waals surface area contributed by atoms with Gasteiger partial charge in [-0.3, -0.25) is 9.69 Å². The zero-order valence-corrected chi connectivity index (χ0v) is 16.5. The first kappa shape index (κ1) is 22.9. The third-order valence-electron chi connectivity index (χ3n) is 5.87. The number of nitrogens with one attached hydrogen (secondary N) is 1. The lowest BCUT2D eigenvalue weighted by atomic mass is 9.87. The number of amides is 1. The zero-order valence-electron chi connectivity index (χ0n) is 14.9. The van der Waals surface area contributed by atoms with Gasteiger partial charge in [-0.1, -0.05) is 0 Å². The molecule has 0 radical (unpaired) electrons. The molecule has 0 aromatic heterocycles. The summed E-state index contributed by atoms with van der Waals surface area (Å²) in [6.45, 7) is 6.01. The van der Waals surface area contributed by atoms with Crippen LogP contribution in [0.15, 0.2) is 0 Å². The molecular formula is C17H33Cl2N3O3. The third-order valence-corrected chi connectivity index (χ3v) is 5.87. The normalized spacial score (nSPS) is 25.5. The molecule has 6 nitrogen and oxygen atoms in total. The van der Waals surface area contributed by atoms with Crippen molar-refractivity contribution in [1.29, 1.82) is 0 Å². The molecule has 1 unspecified atom stereocenters. The van der Waals surface area contributed by atoms with Crippen molar-refractivity contribution >= 4 is 30.7 Å². The van der Waals surface area contributed by atoms with Crippen LogP contribution in [-0.4, -0.2) is 68.4 Å². The molecule has 0 bridgehead atoms. The van der Waals surface area contributed by atoms with Gasteiger partial charge in [0.25, 0.3) is 0 Å². The number of carbonyl (C=O) groups is 1. The van der Waals surface area contributed by atoms with Gasteiger partial charge in [0, 0.05) is 38.5 Å². The Morgan fingerprint density at radius 1 is 1.08 bits per heavy atom. The molecule has 148 valence electrons. The maximum Gasteiger partial charge on any atom is 0.237 e. The summed E-state index contributed by atoms with van der Waals surface area (Å²) >= 11 is 0. The summed E-state index contributed by atoms with van der Waals surface area (Å²) in [6.07, 6.45) is 6.30. The molecule has 3 aliphatic rings. The van der Waals surface area contributed by atoms with Crippen molar-refractivity contribution in [2.45, 2.75) is 50.1 Å². The fourth-order valence-electron chi connectivity index (χ4n) is 4.21. The molecule has 3 aliphatic heterocycles. The predicted molar refractivity (Wildman–Crippen MR) is 103 cm³/mol. The largest absolute Gasteiger partial charge is 0.381 e. The number of likely N-dealkylation sites (tertiary alicyclic amines) is 1. The second-order valence-corrected chi connectivity index (χ2v) is 7.22. The fourth-order valence-corrected chi connectivity index (χ4v) is 4.21. The van der Waals surface area contributed by atoms with Gasteiger partial charge in [0.05, 0.1) is 6.04 Å². The maximum absolute atomic E-state index is 12.5. The first-order chi connectivity index (χ1) is 11.2. The van der Waals surface area contributed by atoms with Crippen LogP contribution in [0.1, 0.15) is 38.5 Å². The molecular weight excluding hydrogens is 365 g/mol. The van der Waals surface area contributed by atoms with E-state index in [1.54, 1.807) is 0 Å². The van der Waals surface area contributed by atoms with Gasteiger partial charge in [0.2, 0.25) is 5.91 Å². The molecule has 0 aromatic carbocycles. The molecule has 3 N–H and O–H groups in total. The standard InChI is InChI=1S/C17H31N3O3.2ClH/c18-15(14-3-9-22-10-4-14)16(21)19-13-17(5-11-23-12-6-17)20-7-1-2-8-20;;/h14-15H,1-13,18H2,(H,19,21);2*1H. The summed E-state index contributed by atoms with van der Waals surface area (Å²) in [4.78, 5) is 15.1. The number of hydrogen-bond donors (Lipinski definition) is 2. The van der Waals surface area contributed by atoms with E-state index in [1.807, 2.05) is 0 Å². The van der Waals surface area contributed by atoms with Crippen molar-refractivity contribution in [2.75, 3.05) is 46.1 Å². The predicted octanol–water partition coefficient (Wildman–Crippen LogP) is 1.35. The van der Waals surface area contributed by atoms with Crippen molar-refractivity contribution in [1.82, 2.24) is 10.2 Å². The van der Waals surface area contributed by atoms with E-state index in [1.165, 1.54) is 12.8 Å². The van der Waals surface area contributed by atoms with Crippen molar-refractivity contribution in [3.05, 3.63) is 0 Å². The molecule has 25 heavy (non-hydrogen) atoms. The van der Waals surface area contributed by atoms with Crippen molar-refractivity contribution in [2.24, 2.45) is 11.7 Å². The number of rotatable bonds is 5. The summed E-state index contributed by atoms with van der Waals surface area (Å²) in [5.74, 6) is 0.253. The minimum atomic E-state index is -0.408. The van der Waals surface area contributed by atoms with Crippen LogP contribution >= 0.6 is 24.8 Å². The van der Waals surface area contributed by atoms with Crippen LogP contribution in [0, 0.1) is 5.92 Å². The summed E-state index contributed by atoms with van der Waals surface area (Å²) in [7, 11) is 0. The van der Waals surface area contributed by atoms with E-state index in [-0.39, 0.29) is 42.2 Å².